The Bertz CT molecular complexity index is 904. The quantitative estimate of drug-likeness (QED) is 0.729. The Balaban J connectivity index is 1.62. The molecule has 132 valence electrons. The number of fused-ring (bicyclic) bond motifs is 1. The lowest BCUT2D eigenvalue weighted by molar-refractivity contribution is -0.132. The summed E-state index contributed by atoms with van der Waals surface area (Å²) in [6.07, 6.45) is 1.97. The number of amides is 1. The van der Waals surface area contributed by atoms with Crippen LogP contribution in [-0.4, -0.2) is 28.3 Å². The number of halogens is 1. The normalized spacial score (nSPS) is 20.8. The summed E-state index contributed by atoms with van der Waals surface area (Å²) in [7, 11) is 0. The molecule has 2 aliphatic heterocycles. The van der Waals surface area contributed by atoms with Gasteiger partial charge >= 0.3 is 0 Å². The number of benzene rings is 1. The number of carbonyl (C=O) groups excluding carboxylic acids is 1. The van der Waals surface area contributed by atoms with E-state index in [9.17, 15) is 10.1 Å². The van der Waals surface area contributed by atoms with Crippen molar-refractivity contribution in [1.29, 1.82) is 5.26 Å². The van der Waals surface area contributed by atoms with Crippen LogP contribution in [0.25, 0.3) is 0 Å². The molecule has 1 saturated heterocycles. The van der Waals surface area contributed by atoms with E-state index >= 15 is 0 Å². The van der Waals surface area contributed by atoms with Crippen molar-refractivity contribution in [2.24, 2.45) is 0 Å². The highest BCUT2D eigenvalue weighted by Gasteiger charge is 2.38. The van der Waals surface area contributed by atoms with Crippen LogP contribution in [-0.2, 0) is 11.3 Å². The summed E-state index contributed by atoms with van der Waals surface area (Å²) in [6, 6.07) is 14.0. The van der Waals surface area contributed by atoms with Crippen molar-refractivity contribution < 1.29 is 9.21 Å². The molecule has 1 fully saturated rings. The molecule has 1 amide bonds. The Morgan fingerprint density at radius 1 is 1.35 bits per heavy atom. The first-order chi connectivity index (χ1) is 12.7. The molecule has 0 spiro atoms. The zero-order valence-electron chi connectivity index (χ0n) is 13.9. The van der Waals surface area contributed by atoms with Gasteiger partial charge in [-0.05, 0) is 29.8 Å². The van der Waals surface area contributed by atoms with Gasteiger partial charge in [-0.1, -0.05) is 39.8 Å². The minimum Gasteiger partial charge on any atom is -0.468 e. The number of hydrogen-bond acceptors (Lipinski definition) is 5. The van der Waals surface area contributed by atoms with Gasteiger partial charge in [-0.25, -0.2) is 0 Å². The van der Waals surface area contributed by atoms with Crippen LogP contribution in [0.4, 0.5) is 0 Å². The summed E-state index contributed by atoms with van der Waals surface area (Å²) >= 11 is 5.03. The van der Waals surface area contributed by atoms with Gasteiger partial charge < -0.3 is 4.42 Å². The van der Waals surface area contributed by atoms with E-state index in [-0.39, 0.29) is 11.8 Å². The summed E-state index contributed by atoms with van der Waals surface area (Å²) in [5, 5.41) is 10.6. The number of thioether (sulfide) groups is 1. The molecule has 0 unspecified atom stereocenters. The number of nitrogens with zero attached hydrogens (tertiary/aromatic N) is 3. The maximum atomic E-state index is 12.8. The average molecular weight is 430 g/mol. The van der Waals surface area contributed by atoms with Crippen LogP contribution in [0.3, 0.4) is 0 Å². The molecule has 7 heteroatoms. The molecule has 4 rings (SSSR count). The largest absolute Gasteiger partial charge is 0.468 e. The molecule has 0 aliphatic carbocycles. The molecule has 0 N–H and O–H groups in total. The highest BCUT2D eigenvalue weighted by Crippen LogP contribution is 2.42. The van der Waals surface area contributed by atoms with Gasteiger partial charge in [-0.3, -0.25) is 14.6 Å². The molecule has 1 aromatic carbocycles. The smallest absolute Gasteiger partial charge is 0.229 e. The van der Waals surface area contributed by atoms with Gasteiger partial charge in [0, 0.05) is 16.8 Å². The molecule has 2 aliphatic rings. The summed E-state index contributed by atoms with van der Waals surface area (Å²) in [6.45, 7) is 1.13. The third-order valence-electron chi connectivity index (χ3n) is 4.56. The van der Waals surface area contributed by atoms with Crippen molar-refractivity contribution >= 4 is 33.6 Å². The summed E-state index contributed by atoms with van der Waals surface area (Å²) < 4.78 is 6.36. The van der Waals surface area contributed by atoms with Crippen molar-refractivity contribution in [2.45, 2.75) is 18.9 Å². The van der Waals surface area contributed by atoms with Gasteiger partial charge in [0.15, 0.2) is 0 Å². The predicted molar refractivity (Wildman–Crippen MR) is 103 cm³/mol. The monoisotopic (exact) mass is 429 g/mol. The van der Waals surface area contributed by atoms with Crippen LogP contribution in [0.1, 0.15) is 23.7 Å². The maximum Gasteiger partial charge on any atom is 0.229 e. The zero-order chi connectivity index (χ0) is 18.1. The van der Waals surface area contributed by atoms with Crippen LogP contribution in [0.15, 0.2) is 62.2 Å². The number of nitriles is 1. The third-order valence-corrected chi connectivity index (χ3v) is 6.26. The van der Waals surface area contributed by atoms with Gasteiger partial charge in [0.05, 0.1) is 42.0 Å². The molecule has 3 heterocycles. The van der Waals surface area contributed by atoms with E-state index in [1.165, 1.54) is 0 Å². The van der Waals surface area contributed by atoms with Crippen molar-refractivity contribution in [3.05, 3.63) is 69.1 Å². The van der Waals surface area contributed by atoms with Crippen molar-refractivity contribution in [1.82, 2.24) is 9.80 Å². The average Bonchev–Trinajstić information content (AvgIpc) is 3.15. The Labute approximate surface area is 164 Å². The third kappa shape index (κ3) is 3.32. The highest BCUT2D eigenvalue weighted by molar-refractivity contribution is 9.10. The van der Waals surface area contributed by atoms with Crippen LogP contribution in [0.5, 0.6) is 0 Å². The van der Waals surface area contributed by atoms with Crippen LogP contribution >= 0.6 is 27.7 Å². The standard InChI is InChI=1S/C19H16BrN3O2S/c20-14-4-1-3-13(7-14)16-8-18(24)23-11-22(10-15-5-2-6-25-15)12-26-19(23)17(16)9-21/h1-7,16H,8,10-12H2/t16-/m0/s1. The SMILES string of the molecule is N#CC1=C2SCN(Cc3ccco3)CN2C(=O)C[C@H]1c1cccc(Br)c1. The molecule has 0 saturated carbocycles. The number of furan rings is 1. The first-order valence-electron chi connectivity index (χ1n) is 8.23. The van der Waals surface area contributed by atoms with Gasteiger partial charge in [0.2, 0.25) is 5.91 Å². The lowest BCUT2D eigenvalue weighted by atomic mass is 9.86. The molecular weight excluding hydrogens is 414 g/mol. The predicted octanol–water partition coefficient (Wildman–Crippen LogP) is 4.26. The van der Waals surface area contributed by atoms with Gasteiger partial charge in [-0.15, -0.1) is 0 Å². The van der Waals surface area contributed by atoms with Crippen molar-refractivity contribution in [3.63, 3.8) is 0 Å². The second-order valence-electron chi connectivity index (χ2n) is 6.29. The zero-order valence-corrected chi connectivity index (χ0v) is 16.3. The Hall–Kier alpha value is -2.01. The van der Waals surface area contributed by atoms with E-state index < -0.39 is 0 Å². The Kier molecular flexibility index (Phi) is 4.90. The second kappa shape index (κ2) is 7.31. The van der Waals surface area contributed by atoms with Crippen LogP contribution in [0.2, 0.25) is 0 Å². The topological polar surface area (TPSA) is 60.5 Å². The lowest BCUT2D eigenvalue weighted by Crippen LogP contribution is -2.46. The lowest BCUT2D eigenvalue weighted by Gasteiger charge is -2.41. The molecule has 0 bridgehead atoms. The molecule has 26 heavy (non-hydrogen) atoms. The van der Waals surface area contributed by atoms with Crippen molar-refractivity contribution in [2.75, 3.05) is 12.5 Å². The molecular formula is C19H16BrN3O2S. The first-order valence-corrected chi connectivity index (χ1v) is 10.0. The summed E-state index contributed by atoms with van der Waals surface area (Å²) in [5.74, 6) is 1.46. The molecule has 0 radical (unpaired) electrons. The van der Waals surface area contributed by atoms with E-state index in [2.05, 4.69) is 26.9 Å². The van der Waals surface area contributed by atoms with Gasteiger partial charge in [-0.2, -0.15) is 5.26 Å². The number of hydrogen-bond donors (Lipinski definition) is 0. The van der Waals surface area contributed by atoms with E-state index in [0.29, 0.717) is 25.2 Å². The van der Waals surface area contributed by atoms with E-state index in [0.717, 1.165) is 26.7 Å². The fourth-order valence-corrected chi connectivity index (χ4v) is 4.89. The number of carbonyl (C=O) groups is 1. The molecule has 5 nitrogen and oxygen atoms in total. The summed E-state index contributed by atoms with van der Waals surface area (Å²) in [4.78, 5) is 16.7. The number of rotatable bonds is 3. The van der Waals surface area contributed by atoms with E-state index in [1.807, 2.05) is 36.4 Å². The summed E-state index contributed by atoms with van der Waals surface area (Å²) in [5.41, 5.74) is 1.68. The Morgan fingerprint density at radius 2 is 2.23 bits per heavy atom. The minimum atomic E-state index is -0.180. The first kappa shape index (κ1) is 17.4. The fraction of sp³-hybridized carbons (Fsp3) is 0.263. The van der Waals surface area contributed by atoms with Gasteiger partial charge in [0.1, 0.15) is 5.76 Å². The molecule has 1 atom stereocenters. The second-order valence-corrected chi connectivity index (χ2v) is 8.14. The highest BCUT2D eigenvalue weighted by atomic mass is 79.9. The fourth-order valence-electron chi connectivity index (χ4n) is 3.34. The maximum absolute atomic E-state index is 12.8. The Morgan fingerprint density at radius 3 is 2.96 bits per heavy atom. The van der Waals surface area contributed by atoms with Gasteiger partial charge in [0.25, 0.3) is 0 Å². The van der Waals surface area contributed by atoms with E-state index in [4.69, 9.17) is 4.42 Å². The molecule has 2 aromatic rings. The van der Waals surface area contributed by atoms with Crippen LogP contribution in [0, 0.1) is 11.3 Å². The minimum absolute atomic E-state index is 0.0561. The number of allylic oxidation sites excluding steroid dienone is 1. The van der Waals surface area contributed by atoms with Crippen LogP contribution < -0.4 is 0 Å². The van der Waals surface area contributed by atoms with Crippen molar-refractivity contribution in [3.8, 4) is 6.07 Å². The molecule has 1 aromatic heterocycles. The van der Waals surface area contributed by atoms with E-state index in [1.54, 1.807) is 22.9 Å².